The van der Waals surface area contributed by atoms with Crippen molar-refractivity contribution in [1.82, 2.24) is 30.1 Å². The highest BCUT2D eigenvalue weighted by Crippen LogP contribution is 2.25. The maximum absolute atomic E-state index is 12.8. The summed E-state index contributed by atoms with van der Waals surface area (Å²) in [6, 6.07) is 7.27. The van der Waals surface area contributed by atoms with Crippen molar-refractivity contribution in [3.05, 3.63) is 59.9 Å². The second-order valence-corrected chi connectivity index (χ2v) is 8.00. The molecule has 4 aromatic rings. The molecule has 0 aliphatic heterocycles. The summed E-state index contributed by atoms with van der Waals surface area (Å²) in [4.78, 5) is 29.4. The summed E-state index contributed by atoms with van der Waals surface area (Å²) < 4.78 is 0. The number of aryl methyl sites for hydroxylation is 1. The Morgan fingerprint density at radius 3 is 2.67 bits per heavy atom. The van der Waals surface area contributed by atoms with Crippen molar-refractivity contribution in [3.63, 3.8) is 0 Å². The summed E-state index contributed by atoms with van der Waals surface area (Å²) in [5, 5.41) is 13.2. The minimum Gasteiger partial charge on any atom is -0.338 e. The van der Waals surface area contributed by atoms with E-state index >= 15 is 0 Å². The number of amides is 1. The van der Waals surface area contributed by atoms with Gasteiger partial charge in [-0.1, -0.05) is 26.8 Å². The third kappa shape index (κ3) is 3.95. The molecule has 9 heteroatoms. The topological polar surface area (TPSA) is 121 Å². The Balaban J connectivity index is 1.58. The van der Waals surface area contributed by atoms with Crippen LogP contribution in [0.2, 0.25) is 0 Å². The average Bonchev–Trinajstić information content (AvgIpc) is 3.19. The van der Waals surface area contributed by atoms with Gasteiger partial charge >= 0.3 is 0 Å². The summed E-state index contributed by atoms with van der Waals surface area (Å²) >= 11 is 0. The fourth-order valence-corrected chi connectivity index (χ4v) is 2.88. The first kappa shape index (κ1) is 19.4. The van der Waals surface area contributed by atoms with Crippen molar-refractivity contribution in [2.75, 3.05) is 10.6 Å². The van der Waals surface area contributed by atoms with Crippen molar-refractivity contribution >= 4 is 34.3 Å². The van der Waals surface area contributed by atoms with E-state index in [0.717, 1.165) is 16.9 Å². The van der Waals surface area contributed by atoms with E-state index in [-0.39, 0.29) is 11.3 Å². The Hall–Kier alpha value is -3.88. The van der Waals surface area contributed by atoms with Crippen molar-refractivity contribution < 1.29 is 4.79 Å². The molecule has 0 saturated heterocycles. The van der Waals surface area contributed by atoms with E-state index in [1.165, 1.54) is 12.7 Å². The molecule has 3 heterocycles. The predicted octanol–water partition coefficient (Wildman–Crippen LogP) is 3.74. The molecule has 4 rings (SSSR count). The van der Waals surface area contributed by atoms with Gasteiger partial charge in [-0.2, -0.15) is 5.10 Å². The highest BCUT2D eigenvalue weighted by molar-refractivity contribution is 6.04. The zero-order chi connectivity index (χ0) is 21.3. The van der Waals surface area contributed by atoms with E-state index in [4.69, 9.17) is 0 Å². The van der Waals surface area contributed by atoms with Crippen LogP contribution in [0.4, 0.5) is 17.3 Å². The van der Waals surface area contributed by atoms with Crippen molar-refractivity contribution in [2.45, 2.75) is 33.1 Å². The predicted molar refractivity (Wildman–Crippen MR) is 115 cm³/mol. The van der Waals surface area contributed by atoms with E-state index in [2.05, 4.69) is 61.5 Å². The number of benzene rings is 1. The molecule has 3 N–H and O–H groups in total. The van der Waals surface area contributed by atoms with Crippen LogP contribution in [0.1, 0.15) is 42.4 Å². The number of fused-ring (bicyclic) bond motifs is 1. The number of nitrogens with one attached hydrogen (secondary N) is 3. The van der Waals surface area contributed by atoms with E-state index in [0.29, 0.717) is 28.2 Å². The first-order chi connectivity index (χ1) is 14.3. The van der Waals surface area contributed by atoms with Crippen LogP contribution in [0.15, 0.2) is 43.1 Å². The van der Waals surface area contributed by atoms with Gasteiger partial charge in [0, 0.05) is 28.4 Å². The largest absolute Gasteiger partial charge is 0.338 e. The number of nitrogens with zero attached hydrogens (tertiary/aromatic N) is 5. The molecular formula is C21H22N8O. The molecule has 30 heavy (non-hydrogen) atoms. The minimum atomic E-state index is -0.250. The number of H-pyrrole nitrogens is 1. The van der Waals surface area contributed by atoms with Gasteiger partial charge in [0.25, 0.3) is 5.91 Å². The lowest BCUT2D eigenvalue weighted by Gasteiger charge is -2.14. The van der Waals surface area contributed by atoms with Crippen LogP contribution in [0, 0.1) is 6.92 Å². The van der Waals surface area contributed by atoms with Crippen LogP contribution in [0.3, 0.4) is 0 Å². The van der Waals surface area contributed by atoms with Gasteiger partial charge in [0.1, 0.15) is 23.7 Å². The zero-order valence-corrected chi connectivity index (χ0v) is 17.2. The molecule has 0 aliphatic carbocycles. The SMILES string of the molecule is Cc1ccc(C(=O)Nc2cc(C(C)(C)C)[nH]n2)cc1Nc1ncnc2cncnc12. The monoisotopic (exact) mass is 402 g/mol. The van der Waals surface area contributed by atoms with Gasteiger partial charge < -0.3 is 10.6 Å². The van der Waals surface area contributed by atoms with Gasteiger partial charge in [0.05, 0.1) is 6.20 Å². The highest BCUT2D eigenvalue weighted by atomic mass is 16.1. The number of aromatic nitrogens is 6. The van der Waals surface area contributed by atoms with E-state index in [9.17, 15) is 4.79 Å². The molecule has 0 aliphatic rings. The molecule has 0 fully saturated rings. The summed E-state index contributed by atoms with van der Waals surface area (Å²) in [5.74, 6) is 0.781. The third-order valence-electron chi connectivity index (χ3n) is 4.68. The lowest BCUT2D eigenvalue weighted by Crippen LogP contribution is -2.13. The number of rotatable bonds is 4. The van der Waals surface area contributed by atoms with E-state index in [1.54, 1.807) is 18.3 Å². The zero-order valence-electron chi connectivity index (χ0n) is 17.2. The summed E-state index contributed by atoms with van der Waals surface area (Å²) in [5.41, 5.74) is 4.31. The van der Waals surface area contributed by atoms with Gasteiger partial charge in [0.15, 0.2) is 11.6 Å². The fraction of sp³-hybridized carbons (Fsp3) is 0.238. The Kier molecular flexibility index (Phi) is 4.86. The number of carbonyl (C=O) groups excluding carboxylic acids is 1. The molecule has 9 nitrogen and oxygen atoms in total. The Labute approximate surface area is 173 Å². The van der Waals surface area contributed by atoms with E-state index in [1.807, 2.05) is 19.1 Å². The molecule has 1 amide bonds. The van der Waals surface area contributed by atoms with Crippen molar-refractivity contribution in [1.29, 1.82) is 0 Å². The molecule has 0 spiro atoms. The van der Waals surface area contributed by atoms with Crippen molar-refractivity contribution in [2.24, 2.45) is 0 Å². The average molecular weight is 402 g/mol. The molecule has 0 unspecified atom stereocenters. The van der Waals surface area contributed by atoms with Crippen LogP contribution >= 0.6 is 0 Å². The maximum atomic E-state index is 12.8. The van der Waals surface area contributed by atoms with Crippen LogP contribution < -0.4 is 10.6 Å². The number of hydrogen-bond donors (Lipinski definition) is 3. The first-order valence-electron chi connectivity index (χ1n) is 9.47. The summed E-state index contributed by atoms with van der Waals surface area (Å²) in [6.07, 6.45) is 4.52. The number of hydrogen-bond acceptors (Lipinski definition) is 7. The number of aromatic amines is 1. The molecule has 0 bridgehead atoms. The Morgan fingerprint density at radius 2 is 1.90 bits per heavy atom. The number of anilines is 3. The Morgan fingerprint density at radius 1 is 1.07 bits per heavy atom. The fourth-order valence-electron chi connectivity index (χ4n) is 2.88. The first-order valence-corrected chi connectivity index (χ1v) is 9.47. The molecule has 0 atom stereocenters. The molecule has 3 aromatic heterocycles. The smallest absolute Gasteiger partial charge is 0.256 e. The summed E-state index contributed by atoms with van der Waals surface area (Å²) in [7, 11) is 0. The highest BCUT2D eigenvalue weighted by Gasteiger charge is 2.18. The lowest BCUT2D eigenvalue weighted by molar-refractivity contribution is 0.102. The lowest BCUT2D eigenvalue weighted by atomic mass is 9.92. The molecule has 0 radical (unpaired) electrons. The second-order valence-electron chi connectivity index (χ2n) is 8.00. The van der Waals surface area contributed by atoms with Crippen LogP contribution in [-0.4, -0.2) is 36.0 Å². The van der Waals surface area contributed by atoms with Crippen molar-refractivity contribution in [3.8, 4) is 0 Å². The van der Waals surface area contributed by atoms with Gasteiger partial charge in [-0.15, -0.1) is 0 Å². The molecule has 152 valence electrons. The third-order valence-corrected chi connectivity index (χ3v) is 4.68. The second kappa shape index (κ2) is 7.51. The van der Waals surface area contributed by atoms with Crippen LogP contribution in [-0.2, 0) is 5.41 Å². The van der Waals surface area contributed by atoms with Crippen LogP contribution in [0.25, 0.3) is 11.0 Å². The van der Waals surface area contributed by atoms with Gasteiger partial charge in [-0.3, -0.25) is 9.89 Å². The van der Waals surface area contributed by atoms with E-state index < -0.39 is 0 Å². The minimum absolute atomic E-state index is 0.0825. The normalized spacial score (nSPS) is 11.5. The Bertz CT molecular complexity index is 1220. The summed E-state index contributed by atoms with van der Waals surface area (Å²) in [6.45, 7) is 8.18. The van der Waals surface area contributed by atoms with Gasteiger partial charge in [-0.25, -0.2) is 19.9 Å². The van der Waals surface area contributed by atoms with Gasteiger partial charge in [-0.05, 0) is 24.6 Å². The maximum Gasteiger partial charge on any atom is 0.256 e. The molecular weight excluding hydrogens is 380 g/mol. The van der Waals surface area contributed by atoms with Gasteiger partial charge in [0.2, 0.25) is 0 Å². The molecule has 1 aromatic carbocycles. The van der Waals surface area contributed by atoms with Crippen LogP contribution in [0.5, 0.6) is 0 Å². The molecule has 0 saturated carbocycles. The number of carbonyl (C=O) groups is 1. The standard InChI is InChI=1S/C21H22N8O/c1-12-5-6-13(20(30)27-17-8-16(28-29-17)21(2,3)4)7-14(12)26-19-18-15(23-11-25-19)9-22-10-24-18/h5-11H,1-4H3,(H,23,25,26)(H2,27,28,29,30). The quantitative estimate of drug-likeness (QED) is 0.475.